The van der Waals surface area contributed by atoms with Gasteiger partial charge in [0.15, 0.2) is 0 Å². The molecule has 0 aliphatic rings. The van der Waals surface area contributed by atoms with Gasteiger partial charge in [-0.3, -0.25) is 4.79 Å². The molecule has 0 aromatic heterocycles. The molecule has 0 radical (unpaired) electrons. The molecule has 0 fully saturated rings. The first-order valence-electron chi connectivity index (χ1n) is 6.00. The molecule has 3 N–H and O–H groups in total. The number of aliphatic hydroxyl groups is 2. The summed E-state index contributed by atoms with van der Waals surface area (Å²) in [5.74, 6) is -0.640. The Morgan fingerprint density at radius 1 is 1.40 bits per heavy atom. The van der Waals surface area contributed by atoms with Crippen molar-refractivity contribution in [3.8, 4) is 0 Å². The Morgan fingerprint density at radius 3 is 2.60 bits per heavy atom. The smallest absolute Gasteiger partial charge is 0.394 e. The molecule has 20 heavy (non-hydrogen) atoms. The zero-order chi connectivity index (χ0) is 15.3. The van der Waals surface area contributed by atoms with E-state index < -0.39 is 30.4 Å². The number of hydrogen-bond acceptors (Lipinski definition) is 3. The average Bonchev–Trinajstić information content (AvgIpc) is 2.37. The van der Waals surface area contributed by atoms with Gasteiger partial charge in [0.1, 0.15) is 0 Å². The van der Waals surface area contributed by atoms with Gasteiger partial charge in [0, 0.05) is 12.1 Å². The third kappa shape index (κ3) is 4.50. The van der Waals surface area contributed by atoms with Gasteiger partial charge in [-0.1, -0.05) is 6.07 Å². The Labute approximate surface area is 114 Å². The molecular formula is C13H16F3NO3. The minimum absolute atomic E-state index is 0.0571. The van der Waals surface area contributed by atoms with Crippen molar-refractivity contribution in [3.63, 3.8) is 0 Å². The fourth-order valence-corrected chi connectivity index (χ4v) is 1.58. The van der Waals surface area contributed by atoms with E-state index in [9.17, 15) is 18.0 Å². The van der Waals surface area contributed by atoms with E-state index in [1.54, 1.807) is 0 Å². The van der Waals surface area contributed by atoms with Crippen molar-refractivity contribution in [2.75, 3.05) is 13.2 Å². The molecule has 0 bridgehead atoms. The number of benzene rings is 1. The topological polar surface area (TPSA) is 69.6 Å². The van der Waals surface area contributed by atoms with E-state index in [-0.39, 0.29) is 18.5 Å². The van der Waals surface area contributed by atoms with E-state index in [2.05, 4.69) is 5.32 Å². The monoisotopic (exact) mass is 291 g/mol. The van der Waals surface area contributed by atoms with Crippen LogP contribution in [0, 0.1) is 6.92 Å². The van der Waals surface area contributed by atoms with Crippen LogP contribution in [0.25, 0.3) is 0 Å². The molecule has 1 rings (SSSR count). The second-order valence-electron chi connectivity index (χ2n) is 4.41. The molecule has 1 amide bonds. The summed E-state index contributed by atoms with van der Waals surface area (Å²) in [6, 6.07) is 2.95. The van der Waals surface area contributed by atoms with Crippen LogP contribution in [0.3, 0.4) is 0 Å². The van der Waals surface area contributed by atoms with Gasteiger partial charge in [-0.2, -0.15) is 13.2 Å². The number of halogens is 3. The highest BCUT2D eigenvalue weighted by Gasteiger charge is 2.31. The van der Waals surface area contributed by atoms with Crippen LogP contribution in [0.1, 0.15) is 27.9 Å². The highest BCUT2D eigenvalue weighted by Crippen LogP contribution is 2.30. The Kier molecular flexibility index (Phi) is 5.52. The number of amides is 1. The summed E-state index contributed by atoms with van der Waals surface area (Å²) in [6.07, 6.45) is -5.34. The summed E-state index contributed by atoms with van der Waals surface area (Å²) in [4.78, 5) is 11.8. The first kappa shape index (κ1) is 16.5. The predicted molar refractivity (Wildman–Crippen MR) is 66.2 cm³/mol. The van der Waals surface area contributed by atoms with Crippen LogP contribution in [0.2, 0.25) is 0 Å². The minimum Gasteiger partial charge on any atom is -0.394 e. The molecule has 112 valence electrons. The molecule has 7 heteroatoms. The van der Waals surface area contributed by atoms with Gasteiger partial charge < -0.3 is 15.5 Å². The van der Waals surface area contributed by atoms with E-state index in [0.29, 0.717) is 5.56 Å². The van der Waals surface area contributed by atoms with Crippen LogP contribution in [0.5, 0.6) is 0 Å². The molecule has 0 aliphatic carbocycles. The normalized spacial score (nSPS) is 13.1. The van der Waals surface area contributed by atoms with Crippen molar-refractivity contribution in [1.82, 2.24) is 5.32 Å². The largest absolute Gasteiger partial charge is 0.416 e. The Bertz CT molecular complexity index is 474. The van der Waals surface area contributed by atoms with Crippen molar-refractivity contribution in [3.05, 3.63) is 34.9 Å². The van der Waals surface area contributed by atoms with Crippen LogP contribution >= 0.6 is 0 Å². The second kappa shape index (κ2) is 6.71. The summed E-state index contributed by atoms with van der Waals surface area (Å²) < 4.78 is 37.7. The quantitative estimate of drug-likeness (QED) is 0.770. The minimum atomic E-state index is -4.50. The average molecular weight is 291 g/mol. The van der Waals surface area contributed by atoms with Crippen molar-refractivity contribution in [2.24, 2.45) is 0 Å². The summed E-state index contributed by atoms with van der Waals surface area (Å²) >= 11 is 0. The molecule has 1 aromatic carbocycles. The third-order valence-corrected chi connectivity index (χ3v) is 2.78. The Balaban J connectivity index is 2.77. The fourth-order valence-electron chi connectivity index (χ4n) is 1.58. The number of carbonyl (C=O) groups is 1. The van der Waals surface area contributed by atoms with E-state index in [1.165, 1.54) is 13.0 Å². The van der Waals surface area contributed by atoms with Gasteiger partial charge in [0.05, 0.1) is 18.3 Å². The van der Waals surface area contributed by atoms with Gasteiger partial charge in [-0.15, -0.1) is 0 Å². The van der Waals surface area contributed by atoms with Crippen molar-refractivity contribution >= 4 is 5.91 Å². The van der Waals surface area contributed by atoms with Crippen molar-refractivity contribution in [1.29, 1.82) is 0 Å². The number of aryl methyl sites for hydroxylation is 1. The SMILES string of the molecule is Cc1ccc(C(F)(F)F)cc1C(=O)NCC[C@@H](O)CO. The van der Waals surface area contributed by atoms with E-state index >= 15 is 0 Å². The van der Waals surface area contributed by atoms with Crippen LogP contribution in [0.15, 0.2) is 18.2 Å². The predicted octanol–water partition coefficient (Wildman–Crippen LogP) is 1.49. The van der Waals surface area contributed by atoms with Gasteiger partial charge in [0.2, 0.25) is 0 Å². The van der Waals surface area contributed by atoms with E-state index in [0.717, 1.165) is 12.1 Å². The lowest BCUT2D eigenvalue weighted by molar-refractivity contribution is -0.137. The molecule has 4 nitrogen and oxygen atoms in total. The Morgan fingerprint density at radius 2 is 2.05 bits per heavy atom. The number of rotatable bonds is 5. The summed E-state index contributed by atoms with van der Waals surface area (Å²) in [5, 5.41) is 20.1. The van der Waals surface area contributed by atoms with Gasteiger partial charge in [-0.05, 0) is 31.0 Å². The maximum Gasteiger partial charge on any atom is 0.416 e. The number of alkyl halides is 3. The van der Waals surface area contributed by atoms with Crippen LogP contribution in [0.4, 0.5) is 13.2 Å². The molecule has 1 atom stereocenters. The van der Waals surface area contributed by atoms with E-state index in [1.807, 2.05) is 0 Å². The maximum atomic E-state index is 12.6. The molecule has 0 saturated carbocycles. The van der Waals surface area contributed by atoms with Crippen LogP contribution in [-0.2, 0) is 6.18 Å². The zero-order valence-corrected chi connectivity index (χ0v) is 10.9. The molecule has 0 spiro atoms. The first-order chi connectivity index (χ1) is 9.25. The van der Waals surface area contributed by atoms with Crippen LogP contribution in [-0.4, -0.2) is 35.4 Å². The number of carbonyl (C=O) groups excluding carboxylic acids is 1. The highest BCUT2D eigenvalue weighted by molar-refractivity contribution is 5.95. The molecule has 0 aliphatic heterocycles. The van der Waals surface area contributed by atoms with Crippen molar-refractivity contribution in [2.45, 2.75) is 25.6 Å². The maximum absolute atomic E-state index is 12.6. The molecular weight excluding hydrogens is 275 g/mol. The Hall–Kier alpha value is -1.60. The number of hydrogen-bond donors (Lipinski definition) is 3. The summed E-state index contributed by atoms with van der Waals surface area (Å²) in [7, 11) is 0. The second-order valence-corrected chi connectivity index (χ2v) is 4.41. The third-order valence-electron chi connectivity index (χ3n) is 2.78. The van der Waals surface area contributed by atoms with Crippen molar-refractivity contribution < 1.29 is 28.2 Å². The van der Waals surface area contributed by atoms with Gasteiger partial charge in [0.25, 0.3) is 5.91 Å². The standard InChI is InChI=1S/C13H16F3NO3/c1-8-2-3-9(13(14,15)16)6-11(8)12(20)17-5-4-10(19)7-18/h2-3,6,10,18-19H,4-5,7H2,1H3,(H,17,20)/t10-/m1/s1. The van der Waals surface area contributed by atoms with E-state index in [4.69, 9.17) is 10.2 Å². The number of aliphatic hydroxyl groups excluding tert-OH is 2. The zero-order valence-electron chi connectivity index (χ0n) is 10.9. The summed E-state index contributed by atoms with van der Waals surface area (Å²) in [5.41, 5.74) is -0.514. The summed E-state index contributed by atoms with van der Waals surface area (Å²) in [6.45, 7) is 1.17. The molecule has 0 saturated heterocycles. The van der Waals surface area contributed by atoms with Gasteiger partial charge >= 0.3 is 6.18 Å². The van der Waals surface area contributed by atoms with Gasteiger partial charge in [-0.25, -0.2) is 0 Å². The molecule has 0 unspecified atom stereocenters. The molecule has 0 heterocycles. The lowest BCUT2D eigenvalue weighted by atomic mass is 10.0. The number of nitrogens with one attached hydrogen (secondary N) is 1. The lowest BCUT2D eigenvalue weighted by Gasteiger charge is -2.12. The van der Waals surface area contributed by atoms with Crippen LogP contribution < -0.4 is 5.32 Å². The lowest BCUT2D eigenvalue weighted by Crippen LogP contribution is -2.29. The fraction of sp³-hybridized carbons (Fsp3) is 0.462. The molecule has 1 aromatic rings. The first-order valence-corrected chi connectivity index (χ1v) is 6.00. The highest BCUT2D eigenvalue weighted by atomic mass is 19.4.